The van der Waals surface area contributed by atoms with Crippen molar-refractivity contribution in [1.29, 1.82) is 0 Å². The van der Waals surface area contributed by atoms with E-state index in [1.807, 2.05) is 6.07 Å². The fourth-order valence-electron chi connectivity index (χ4n) is 7.02. The van der Waals surface area contributed by atoms with Crippen LogP contribution in [0.4, 0.5) is 10.5 Å². The summed E-state index contributed by atoms with van der Waals surface area (Å²) in [4.78, 5) is 126. The smallest absolute Gasteiger partial charge is 0.319 e. The normalized spacial score (nSPS) is 17.0. The monoisotopic (exact) mass is 921 g/mol. The molecule has 3 aliphatic rings. The molecule has 5 rings (SSSR count). The lowest BCUT2D eigenvalue weighted by atomic mass is 10.0. The number of carbonyl (C=O) groups excluding carboxylic acids is 10. The molecule has 2 aromatic carbocycles. The molecule has 4 unspecified atom stereocenters. The first-order valence-corrected chi connectivity index (χ1v) is 22.4. The van der Waals surface area contributed by atoms with Crippen LogP contribution in [0.1, 0.15) is 86.3 Å². The average molecular weight is 922 g/mol. The Hall–Kier alpha value is -6.28. The minimum Gasteiger partial charge on any atom is -0.345 e. The highest BCUT2D eigenvalue weighted by atomic mass is 35.5. The number of nitrogens with zero attached hydrogens (tertiary/aromatic N) is 2. The van der Waals surface area contributed by atoms with Crippen molar-refractivity contribution in [2.75, 3.05) is 23.5 Å². The number of aryl methyl sites for hydroxylation is 1. The quantitative estimate of drug-likeness (QED) is 0.0539. The number of carbonyl (C=O) groups is 10. The Labute approximate surface area is 379 Å². The van der Waals surface area contributed by atoms with Crippen LogP contribution in [0.5, 0.6) is 0 Å². The maximum atomic E-state index is 13.0. The van der Waals surface area contributed by atoms with E-state index in [9.17, 15) is 47.9 Å². The number of hydrogen-bond donors (Lipinski definition) is 7. The van der Waals surface area contributed by atoms with Gasteiger partial charge < -0.3 is 36.8 Å². The van der Waals surface area contributed by atoms with Crippen molar-refractivity contribution in [3.8, 4) is 0 Å². The summed E-state index contributed by atoms with van der Waals surface area (Å²) < 4.78 is 0. The average Bonchev–Trinajstić information content (AvgIpc) is 3.75. The molecule has 0 spiro atoms. The number of amides is 11. The fraction of sp³-hybridized carbons (Fsp3) is 0.442. The number of nitrogens with one attached hydrogen (secondary N) is 7. The molecule has 0 radical (unpaired) electrons. The van der Waals surface area contributed by atoms with E-state index < -0.39 is 53.8 Å². The zero-order valence-corrected chi connectivity index (χ0v) is 37.2. The summed E-state index contributed by atoms with van der Waals surface area (Å²) in [7, 11) is 0. The lowest BCUT2D eigenvalue weighted by Gasteiger charge is -2.29. The SMILES string of the molecule is CC(NC(=O)CCCCCN1C(=O)C=CC1=O)C(=O)NC(C)C(=O)NC(C)C(=O)NCSCCc1ccc(NC(=O)NCc2ccc3c(c2)CN(C2CCC(=O)NC2=O)C3=O)cc1Cl. The second kappa shape index (κ2) is 22.9. The molecule has 342 valence electrons. The minimum atomic E-state index is -0.991. The number of piperidine rings is 1. The Bertz CT molecular complexity index is 2200. The molecule has 0 bridgehead atoms. The zero-order chi connectivity index (χ0) is 46.5. The number of imide groups is 2. The van der Waals surface area contributed by atoms with Crippen LogP contribution in [0, 0.1) is 0 Å². The number of unbranched alkanes of at least 4 members (excludes halogenated alkanes) is 2. The Balaban J connectivity index is 0.922. The Morgan fingerprint density at radius 1 is 0.828 bits per heavy atom. The Kier molecular flexibility index (Phi) is 17.4. The van der Waals surface area contributed by atoms with Gasteiger partial charge >= 0.3 is 6.03 Å². The van der Waals surface area contributed by atoms with Crippen molar-refractivity contribution in [2.24, 2.45) is 0 Å². The number of benzene rings is 2. The van der Waals surface area contributed by atoms with Crippen molar-refractivity contribution in [3.63, 3.8) is 0 Å². The molecule has 21 heteroatoms. The standard InChI is InChI=1S/C43H52ClN9O10S/c1-24(48-40(60)26(3)49-39(59)25(2)47-34(54)7-5-4-6-17-52-36(56)14-15-37(52)57)38(58)46-23-64-18-16-28-9-10-30(20-32(28)44)50-43(63)45-21-27-8-11-31-29(19-27)22-53(42(31)62)33-12-13-35(55)51-41(33)61/h8-11,14-15,19-20,24-26,33H,4-7,12-13,16-18,21-23H2,1-3H3,(H,46,58)(H,47,54)(H,48,60)(H,49,59)(H2,45,50,63)(H,51,55,61). The van der Waals surface area contributed by atoms with Crippen molar-refractivity contribution in [1.82, 2.24) is 41.7 Å². The van der Waals surface area contributed by atoms with Gasteiger partial charge in [-0.25, -0.2) is 4.79 Å². The van der Waals surface area contributed by atoms with Crippen LogP contribution in [0.2, 0.25) is 5.02 Å². The van der Waals surface area contributed by atoms with Crippen LogP contribution in [0.25, 0.3) is 0 Å². The highest BCUT2D eigenvalue weighted by Gasteiger charge is 2.39. The summed E-state index contributed by atoms with van der Waals surface area (Å²) in [6.45, 7) is 5.14. The summed E-state index contributed by atoms with van der Waals surface area (Å²) >= 11 is 7.95. The van der Waals surface area contributed by atoms with Crippen molar-refractivity contribution >= 4 is 88.2 Å². The van der Waals surface area contributed by atoms with Crippen LogP contribution in [0.3, 0.4) is 0 Å². The molecule has 19 nitrogen and oxygen atoms in total. The topological polar surface area (TPSA) is 261 Å². The Morgan fingerprint density at radius 2 is 1.52 bits per heavy atom. The van der Waals surface area contributed by atoms with Crippen LogP contribution in [0.15, 0.2) is 48.6 Å². The van der Waals surface area contributed by atoms with Crippen LogP contribution < -0.4 is 37.2 Å². The van der Waals surface area contributed by atoms with Crippen molar-refractivity contribution < 1.29 is 47.9 Å². The first kappa shape index (κ1) is 48.7. The molecule has 64 heavy (non-hydrogen) atoms. The highest BCUT2D eigenvalue weighted by Crippen LogP contribution is 2.28. The number of urea groups is 1. The van der Waals surface area contributed by atoms with Crippen molar-refractivity contribution in [3.05, 3.63) is 75.8 Å². The van der Waals surface area contributed by atoms with Gasteiger partial charge in [-0.1, -0.05) is 36.2 Å². The first-order valence-electron chi connectivity index (χ1n) is 20.9. The number of fused-ring (bicyclic) bond motifs is 1. The van der Waals surface area contributed by atoms with Gasteiger partial charge in [-0.3, -0.25) is 53.4 Å². The van der Waals surface area contributed by atoms with E-state index in [2.05, 4.69) is 37.2 Å². The number of hydrogen-bond acceptors (Lipinski definition) is 11. The van der Waals surface area contributed by atoms with Gasteiger partial charge in [-0.05, 0) is 87.1 Å². The number of rotatable bonds is 21. The molecular weight excluding hydrogens is 870 g/mol. The number of thioether (sulfide) groups is 1. The van der Waals surface area contributed by atoms with Crippen molar-refractivity contribution in [2.45, 2.75) is 103 Å². The molecule has 1 fully saturated rings. The summed E-state index contributed by atoms with van der Waals surface area (Å²) in [6, 6.07) is 6.38. The van der Waals surface area contributed by atoms with E-state index in [1.165, 1.54) is 49.6 Å². The summed E-state index contributed by atoms with van der Waals surface area (Å²) in [5, 5.41) is 18.7. The molecule has 0 saturated carbocycles. The van der Waals surface area contributed by atoms with Gasteiger partial charge in [-0.15, -0.1) is 11.8 Å². The van der Waals surface area contributed by atoms with E-state index in [-0.39, 0.29) is 74.3 Å². The van der Waals surface area contributed by atoms with Gasteiger partial charge in [0, 0.05) is 60.9 Å². The zero-order valence-electron chi connectivity index (χ0n) is 35.7. The second-order valence-corrected chi connectivity index (χ2v) is 17.1. The van der Waals surface area contributed by atoms with Gasteiger partial charge in [0.2, 0.25) is 35.4 Å². The fourth-order valence-corrected chi connectivity index (χ4v) is 8.05. The minimum absolute atomic E-state index is 0.144. The van der Waals surface area contributed by atoms with Crippen LogP contribution >= 0.6 is 23.4 Å². The predicted octanol–water partition coefficient (Wildman–Crippen LogP) is 1.77. The van der Waals surface area contributed by atoms with Crippen LogP contribution in [-0.4, -0.2) is 111 Å². The van der Waals surface area contributed by atoms with E-state index in [0.717, 1.165) is 21.6 Å². The second-order valence-electron chi connectivity index (χ2n) is 15.6. The molecular formula is C43H52ClN9O10S. The molecule has 2 aromatic rings. The molecule has 0 aromatic heterocycles. The van der Waals surface area contributed by atoms with Gasteiger partial charge in [0.05, 0.1) is 5.88 Å². The molecule has 4 atom stereocenters. The molecule has 1 saturated heterocycles. The third kappa shape index (κ3) is 13.6. The largest absolute Gasteiger partial charge is 0.345 e. The molecule has 7 N–H and O–H groups in total. The highest BCUT2D eigenvalue weighted by molar-refractivity contribution is 7.99. The molecule has 3 aliphatic heterocycles. The summed E-state index contributed by atoms with van der Waals surface area (Å²) in [5.41, 5.74) is 3.28. The summed E-state index contributed by atoms with van der Waals surface area (Å²) in [6.07, 6.45) is 5.24. The molecule has 3 heterocycles. The number of halogens is 1. The Morgan fingerprint density at radius 3 is 2.20 bits per heavy atom. The van der Waals surface area contributed by atoms with E-state index in [0.29, 0.717) is 47.7 Å². The van der Waals surface area contributed by atoms with Gasteiger partial charge in [0.1, 0.15) is 24.2 Å². The third-order valence-corrected chi connectivity index (χ3v) is 11.9. The van der Waals surface area contributed by atoms with E-state index >= 15 is 0 Å². The predicted molar refractivity (Wildman–Crippen MR) is 236 cm³/mol. The first-order chi connectivity index (χ1) is 30.5. The lowest BCUT2D eigenvalue weighted by molar-refractivity contribution is -0.138. The summed E-state index contributed by atoms with van der Waals surface area (Å²) in [5.74, 6) is -2.89. The van der Waals surface area contributed by atoms with E-state index in [4.69, 9.17) is 11.6 Å². The van der Waals surface area contributed by atoms with Gasteiger partial charge in [0.25, 0.3) is 17.7 Å². The number of anilines is 1. The molecule has 11 amide bonds. The third-order valence-electron chi connectivity index (χ3n) is 10.7. The van der Waals surface area contributed by atoms with Gasteiger partial charge in [-0.2, -0.15) is 0 Å². The van der Waals surface area contributed by atoms with E-state index in [1.54, 1.807) is 30.3 Å². The maximum Gasteiger partial charge on any atom is 0.319 e. The molecule has 0 aliphatic carbocycles. The van der Waals surface area contributed by atoms with Crippen LogP contribution in [-0.2, 0) is 57.9 Å². The maximum absolute atomic E-state index is 13.0. The lowest BCUT2D eigenvalue weighted by Crippen LogP contribution is -2.54. The van der Waals surface area contributed by atoms with Gasteiger partial charge in [0.15, 0.2) is 0 Å².